The SMILES string of the molecule is CC(=O)NCCS[C@@H](NC(=O)Cc1ccccc1)C(=O)O. The van der Waals surface area contributed by atoms with Gasteiger partial charge in [-0.05, 0) is 5.56 Å². The molecule has 0 aliphatic heterocycles. The minimum absolute atomic E-state index is 0.136. The zero-order chi connectivity index (χ0) is 15.7. The summed E-state index contributed by atoms with van der Waals surface area (Å²) in [6, 6.07) is 9.09. The molecule has 3 N–H and O–H groups in total. The van der Waals surface area contributed by atoms with Crippen LogP contribution in [0.1, 0.15) is 12.5 Å². The zero-order valence-corrected chi connectivity index (χ0v) is 12.5. The van der Waals surface area contributed by atoms with Crippen molar-refractivity contribution in [2.24, 2.45) is 0 Å². The van der Waals surface area contributed by atoms with Gasteiger partial charge < -0.3 is 15.7 Å². The van der Waals surface area contributed by atoms with E-state index in [4.69, 9.17) is 5.11 Å². The van der Waals surface area contributed by atoms with E-state index in [0.717, 1.165) is 17.3 Å². The van der Waals surface area contributed by atoms with Crippen LogP contribution in [0.25, 0.3) is 0 Å². The molecule has 0 aliphatic rings. The van der Waals surface area contributed by atoms with Crippen molar-refractivity contribution in [2.75, 3.05) is 12.3 Å². The summed E-state index contributed by atoms with van der Waals surface area (Å²) < 4.78 is 0. The predicted molar refractivity (Wildman–Crippen MR) is 80.9 cm³/mol. The summed E-state index contributed by atoms with van der Waals surface area (Å²) in [4.78, 5) is 33.6. The maximum atomic E-state index is 11.8. The lowest BCUT2D eigenvalue weighted by Crippen LogP contribution is -2.40. The Morgan fingerprint density at radius 1 is 1.24 bits per heavy atom. The lowest BCUT2D eigenvalue weighted by atomic mass is 10.1. The molecular formula is C14H18N2O4S. The van der Waals surface area contributed by atoms with Gasteiger partial charge in [-0.25, -0.2) is 4.79 Å². The Labute approximate surface area is 127 Å². The molecule has 1 atom stereocenters. The molecule has 0 radical (unpaired) electrons. The number of aliphatic carboxylic acids is 1. The molecule has 1 aromatic carbocycles. The molecule has 0 unspecified atom stereocenters. The van der Waals surface area contributed by atoms with Gasteiger partial charge in [0.25, 0.3) is 0 Å². The highest BCUT2D eigenvalue weighted by Gasteiger charge is 2.20. The fraction of sp³-hybridized carbons (Fsp3) is 0.357. The van der Waals surface area contributed by atoms with Crippen molar-refractivity contribution in [1.82, 2.24) is 10.6 Å². The largest absolute Gasteiger partial charge is 0.479 e. The summed E-state index contributed by atoms with van der Waals surface area (Å²) in [5.74, 6) is -1.22. The first kappa shape index (κ1) is 17.0. The first-order valence-corrected chi connectivity index (χ1v) is 7.46. The first-order valence-electron chi connectivity index (χ1n) is 6.41. The highest BCUT2D eigenvalue weighted by Crippen LogP contribution is 2.08. The highest BCUT2D eigenvalue weighted by molar-refractivity contribution is 8.00. The summed E-state index contributed by atoms with van der Waals surface area (Å²) in [5.41, 5.74) is 0.822. The lowest BCUT2D eigenvalue weighted by molar-refractivity contribution is -0.139. The summed E-state index contributed by atoms with van der Waals surface area (Å²) >= 11 is 1.06. The molecular weight excluding hydrogens is 292 g/mol. The van der Waals surface area contributed by atoms with Crippen molar-refractivity contribution in [3.05, 3.63) is 35.9 Å². The third-order valence-electron chi connectivity index (χ3n) is 2.48. The van der Waals surface area contributed by atoms with E-state index in [1.165, 1.54) is 6.92 Å². The van der Waals surface area contributed by atoms with Gasteiger partial charge in [-0.1, -0.05) is 30.3 Å². The molecule has 6 nitrogen and oxygen atoms in total. The predicted octanol–water partition coefficient (Wildman–Crippen LogP) is 0.625. The van der Waals surface area contributed by atoms with E-state index in [2.05, 4.69) is 10.6 Å². The number of thioether (sulfide) groups is 1. The van der Waals surface area contributed by atoms with Gasteiger partial charge in [0.1, 0.15) is 0 Å². The van der Waals surface area contributed by atoms with Crippen molar-refractivity contribution < 1.29 is 19.5 Å². The standard InChI is InChI=1S/C14H18N2O4S/c1-10(17)15-7-8-21-13(14(19)20)16-12(18)9-11-5-3-2-4-6-11/h2-6,13H,7-9H2,1H3,(H,15,17)(H,16,18)(H,19,20)/t13-/m1/s1. The third-order valence-corrected chi connectivity index (χ3v) is 3.58. The van der Waals surface area contributed by atoms with E-state index in [1.807, 2.05) is 18.2 Å². The molecule has 0 heterocycles. The molecule has 0 fully saturated rings. The van der Waals surface area contributed by atoms with Crippen LogP contribution in [0.2, 0.25) is 0 Å². The fourth-order valence-corrected chi connectivity index (χ4v) is 2.37. The van der Waals surface area contributed by atoms with Crippen molar-refractivity contribution in [2.45, 2.75) is 18.7 Å². The van der Waals surface area contributed by atoms with Crippen LogP contribution < -0.4 is 10.6 Å². The maximum absolute atomic E-state index is 11.8. The van der Waals surface area contributed by atoms with Gasteiger partial charge >= 0.3 is 5.97 Å². The van der Waals surface area contributed by atoms with Crippen LogP contribution >= 0.6 is 11.8 Å². The van der Waals surface area contributed by atoms with Gasteiger partial charge in [0.2, 0.25) is 11.8 Å². The summed E-state index contributed by atoms with van der Waals surface area (Å²) in [6.07, 6.45) is 0.136. The topological polar surface area (TPSA) is 95.5 Å². The number of hydrogen-bond donors (Lipinski definition) is 3. The third kappa shape index (κ3) is 7.36. The van der Waals surface area contributed by atoms with Gasteiger partial charge in [-0.2, -0.15) is 0 Å². The Morgan fingerprint density at radius 2 is 1.90 bits per heavy atom. The zero-order valence-electron chi connectivity index (χ0n) is 11.7. The Morgan fingerprint density at radius 3 is 2.48 bits per heavy atom. The maximum Gasteiger partial charge on any atom is 0.336 e. The Balaban J connectivity index is 2.41. The van der Waals surface area contributed by atoms with Crippen molar-refractivity contribution in [1.29, 1.82) is 0 Å². The Kier molecular flexibility index (Phi) is 7.31. The van der Waals surface area contributed by atoms with E-state index in [0.29, 0.717) is 12.3 Å². The van der Waals surface area contributed by atoms with Crippen LogP contribution in [0.4, 0.5) is 0 Å². The van der Waals surface area contributed by atoms with Crippen molar-refractivity contribution in [3.8, 4) is 0 Å². The minimum Gasteiger partial charge on any atom is -0.479 e. The van der Waals surface area contributed by atoms with E-state index in [-0.39, 0.29) is 18.2 Å². The second-order valence-electron chi connectivity index (χ2n) is 4.30. The lowest BCUT2D eigenvalue weighted by Gasteiger charge is -2.14. The summed E-state index contributed by atoms with van der Waals surface area (Å²) in [5, 5.41) is 13.1. The minimum atomic E-state index is -1.11. The van der Waals surface area contributed by atoms with Crippen LogP contribution in [0, 0.1) is 0 Å². The second kappa shape index (κ2) is 9.02. The molecule has 0 spiro atoms. The number of carboxylic acid groups (broad SMARTS) is 1. The van der Waals surface area contributed by atoms with Gasteiger partial charge in [0, 0.05) is 19.2 Å². The number of benzene rings is 1. The monoisotopic (exact) mass is 310 g/mol. The second-order valence-corrected chi connectivity index (χ2v) is 5.51. The number of carboxylic acids is 1. The molecule has 7 heteroatoms. The molecule has 0 saturated carbocycles. The number of rotatable bonds is 8. The number of amides is 2. The Bertz CT molecular complexity index is 493. The van der Waals surface area contributed by atoms with Gasteiger partial charge in [0.05, 0.1) is 6.42 Å². The molecule has 114 valence electrons. The molecule has 1 rings (SSSR count). The average Bonchev–Trinajstić information content (AvgIpc) is 2.42. The van der Waals surface area contributed by atoms with E-state index < -0.39 is 11.3 Å². The molecule has 2 amide bonds. The fourth-order valence-electron chi connectivity index (χ4n) is 1.56. The summed E-state index contributed by atoms with van der Waals surface area (Å²) in [7, 11) is 0. The van der Waals surface area contributed by atoms with Crippen molar-refractivity contribution >= 4 is 29.5 Å². The number of carbonyl (C=O) groups excluding carboxylic acids is 2. The van der Waals surface area contributed by atoms with Gasteiger partial charge in [-0.15, -0.1) is 11.8 Å². The van der Waals surface area contributed by atoms with Crippen molar-refractivity contribution in [3.63, 3.8) is 0 Å². The molecule has 0 aromatic heterocycles. The molecule has 0 bridgehead atoms. The quantitative estimate of drug-likeness (QED) is 0.483. The highest BCUT2D eigenvalue weighted by atomic mass is 32.2. The van der Waals surface area contributed by atoms with Gasteiger partial charge in [0.15, 0.2) is 5.37 Å². The number of nitrogens with one attached hydrogen (secondary N) is 2. The molecule has 0 aliphatic carbocycles. The number of carbonyl (C=O) groups is 3. The molecule has 21 heavy (non-hydrogen) atoms. The molecule has 0 saturated heterocycles. The Hall–Kier alpha value is -2.02. The average molecular weight is 310 g/mol. The summed E-state index contributed by atoms with van der Waals surface area (Å²) in [6.45, 7) is 1.75. The number of hydrogen-bond acceptors (Lipinski definition) is 4. The van der Waals surface area contributed by atoms with Crippen LogP contribution in [0.15, 0.2) is 30.3 Å². The van der Waals surface area contributed by atoms with E-state index in [1.54, 1.807) is 12.1 Å². The van der Waals surface area contributed by atoms with Crippen LogP contribution in [-0.2, 0) is 20.8 Å². The first-order chi connectivity index (χ1) is 9.99. The van der Waals surface area contributed by atoms with E-state index >= 15 is 0 Å². The smallest absolute Gasteiger partial charge is 0.336 e. The van der Waals surface area contributed by atoms with Gasteiger partial charge in [-0.3, -0.25) is 9.59 Å². The van der Waals surface area contributed by atoms with Crippen LogP contribution in [-0.4, -0.2) is 40.6 Å². The van der Waals surface area contributed by atoms with Crippen LogP contribution in [0.5, 0.6) is 0 Å². The normalized spacial score (nSPS) is 11.5. The van der Waals surface area contributed by atoms with E-state index in [9.17, 15) is 14.4 Å². The van der Waals surface area contributed by atoms with Crippen LogP contribution in [0.3, 0.4) is 0 Å². The molecule has 1 aromatic rings.